The molecule has 140 valence electrons. The third-order valence-electron chi connectivity index (χ3n) is 5.39. The first-order valence-electron chi connectivity index (χ1n) is 9.40. The van der Waals surface area contributed by atoms with E-state index in [4.69, 9.17) is 0 Å². The second kappa shape index (κ2) is 7.84. The summed E-state index contributed by atoms with van der Waals surface area (Å²) in [5.74, 6) is 0.249. The molecule has 7 nitrogen and oxygen atoms in total. The highest BCUT2D eigenvalue weighted by atomic mass is 16.3. The number of aryl methyl sites for hydroxylation is 1. The van der Waals surface area contributed by atoms with Crippen LogP contribution in [0.15, 0.2) is 48.7 Å². The van der Waals surface area contributed by atoms with Gasteiger partial charge >= 0.3 is 0 Å². The SMILES string of the molecule is O=C(c1ccn2nnnc2c1)N1CCC([C@H](O)CCc2ccccc2)CC1. The minimum absolute atomic E-state index is 0.00211. The van der Waals surface area contributed by atoms with Crippen molar-refractivity contribution in [3.63, 3.8) is 0 Å². The molecule has 0 spiro atoms. The average molecular weight is 365 g/mol. The van der Waals surface area contributed by atoms with Crippen molar-refractivity contribution in [2.24, 2.45) is 5.92 Å². The number of aromatic nitrogens is 4. The molecule has 1 aromatic carbocycles. The van der Waals surface area contributed by atoms with E-state index in [0.717, 1.165) is 25.7 Å². The van der Waals surface area contributed by atoms with Crippen LogP contribution in [-0.2, 0) is 6.42 Å². The molecule has 0 aliphatic carbocycles. The monoisotopic (exact) mass is 365 g/mol. The van der Waals surface area contributed by atoms with E-state index in [1.54, 1.807) is 18.3 Å². The zero-order valence-corrected chi connectivity index (χ0v) is 15.1. The number of piperidine rings is 1. The molecule has 1 saturated heterocycles. The van der Waals surface area contributed by atoms with Crippen LogP contribution >= 0.6 is 0 Å². The Bertz CT molecular complexity index is 903. The molecular formula is C20H23N5O2. The number of fused-ring (bicyclic) bond motifs is 1. The molecule has 1 fully saturated rings. The summed E-state index contributed by atoms with van der Waals surface area (Å²) < 4.78 is 1.53. The highest BCUT2D eigenvalue weighted by Gasteiger charge is 2.28. The van der Waals surface area contributed by atoms with Crippen LogP contribution in [0.25, 0.3) is 5.65 Å². The first-order chi connectivity index (χ1) is 13.2. The standard InChI is InChI=1S/C20H23N5O2/c26-18(7-6-15-4-2-1-3-5-15)16-8-11-24(12-9-16)20(27)17-10-13-25-19(14-17)21-22-23-25/h1-5,10,13-14,16,18,26H,6-9,11-12H2/t18-/m1/s1. The molecule has 1 aliphatic heterocycles. The van der Waals surface area contributed by atoms with Crippen LogP contribution in [0.1, 0.15) is 35.2 Å². The van der Waals surface area contributed by atoms with Gasteiger partial charge in [-0.05, 0) is 59.7 Å². The summed E-state index contributed by atoms with van der Waals surface area (Å²) in [6, 6.07) is 13.7. The summed E-state index contributed by atoms with van der Waals surface area (Å²) in [4.78, 5) is 14.6. The van der Waals surface area contributed by atoms with Gasteiger partial charge in [-0.2, -0.15) is 0 Å². The molecule has 1 aliphatic rings. The van der Waals surface area contributed by atoms with Gasteiger partial charge in [0.05, 0.1) is 6.10 Å². The van der Waals surface area contributed by atoms with Crippen LogP contribution in [0.4, 0.5) is 0 Å². The van der Waals surface area contributed by atoms with Crippen molar-refractivity contribution in [3.05, 3.63) is 59.8 Å². The lowest BCUT2D eigenvalue weighted by Crippen LogP contribution is -2.41. The number of rotatable bonds is 5. The summed E-state index contributed by atoms with van der Waals surface area (Å²) in [7, 11) is 0. The Morgan fingerprint density at radius 3 is 2.74 bits per heavy atom. The van der Waals surface area contributed by atoms with Gasteiger partial charge in [-0.1, -0.05) is 30.3 Å². The number of aliphatic hydroxyl groups excluding tert-OH is 1. The van der Waals surface area contributed by atoms with Crippen molar-refractivity contribution in [2.75, 3.05) is 13.1 Å². The van der Waals surface area contributed by atoms with E-state index in [0.29, 0.717) is 24.3 Å². The molecule has 27 heavy (non-hydrogen) atoms. The molecule has 0 saturated carbocycles. The highest BCUT2D eigenvalue weighted by Crippen LogP contribution is 2.24. The summed E-state index contributed by atoms with van der Waals surface area (Å²) in [6.45, 7) is 1.34. The van der Waals surface area contributed by atoms with Crippen molar-refractivity contribution in [1.82, 2.24) is 24.9 Å². The fourth-order valence-electron chi connectivity index (χ4n) is 3.74. The highest BCUT2D eigenvalue weighted by molar-refractivity contribution is 5.95. The Labute approximate surface area is 157 Å². The van der Waals surface area contributed by atoms with Gasteiger partial charge in [0, 0.05) is 24.8 Å². The molecule has 2 aromatic heterocycles. The topological polar surface area (TPSA) is 83.6 Å². The largest absolute Gasteiger partial charge is 0.393 e. The quantitative estimate of drug-likeness (QED) is 0.747. The Kier molecular flexibility index (Phi) is 5.11. The first-order valence-corrected chi connectivity index (χ1v) is 9.40. The maximum absolute atomic E-state index is 12.7. The second-order valence-electron chi connectivity index (χ2n) is 7.12. The molecule has 3 aromatic rings. The van der Waals surface area contributed by atoms with Crippen molar-refractivity contribution >= 4 is 11.6 Å². The smallest absolute Gasteiger partial charge is 0.254 e. The lowest BCUT2D eigenvalue weighted by molar-refractivity contribution is 0.0437. The lowest BCUT2D eigenvalue weighted by atomic mass is 9.88. The zero-order valence-electron chi connectivity index (χ0n) is 15.1. The Balaban J connectivity index is 1.30. The van der Waals surface area contributed by atoms with Crippen molar-refractivity contribution in [1.29, 1.82) is 0 Å². The molecule has 4 rings (SSSR count). The number of nitrogens with zero attached hydrogens (tertiary/aromatic N) is 5. The predicted molar refractivity (Wildman–Crippen MR) is 100 cm³/mol. The molecule has 7 heteroatoms. The van der Waals surface area contributed by atoms with Gasteiger partial charge in [0.2, 0.25) is 0 Å². The Hall–Kier alpha value is -2.80. The summed E-state index contributed by atoms with van der Waals surface area (Å²) in [5.41, 5.74) is 2.41. The van der Waals surface area contributed by atoms with E-state index in [1.807, 2.05) is 23.1 Å². The van der Waals surface area contributed by atoms with Crippen LogP contribution < -0.4 is 0 Å². The van der Waals surface area contributed by atoms with E-state index in [2.05, 4.69) is 27.7 Å². The summed E-state index contributed by atoms with van der Waals surface area (Å²) >= 11 is 0. The van der Waals surface area contributed by atoms with Crippen molar-refractivity contribution in [3.8, 4) is 0 Å². The number of hydrogen-bond acceptors (Lipinski definition) is 5. The number of benzene rings is 1. The number of carbonyl (C=O) groups is 1. The molecule has 1 atom stereocenters. The molecule has 1 N–H and O–H groups in total. The molecule has 0 radical (unpaired) electrons. The fraction of sp³-hybridized carbons (Fsp3) is 0.400. The minimum Gasteiger partial charge on any atom is -0.393 e. The molecule has 3 heterocycles. The Morgan fingerprint density at radius 2 is 1.96 bits per heavy atom. The minimum atomic E-state index is -0.319. The van der Waals surface area contributed by atoms with Gasteiger partial charge in [-0.25, -0.2) is 4.52 Å². The normalized spacial score (nSPS) is 16.6. The summed E-state index contributed by atoms with van der Waals surface area (Å²) in [6.07, 6.45) is 4.68. The third-order valence-corrected chi connectivity index (χ3v) is 5.39. The number of amides is 1. The number of aliphatic hydroxyl groups is 1. The fourth-order valence-corrected chi connectivity index (χ4v) is 3.74. The van der Waals surface area contributed by atoms with Gasteiger partial charge in [-0.3, -0.25) is 4.79 Å². The lowest BCUT2D eigenvalue weighted by Gasteiger charge is -2.34. The van der Waals surface area contributed by atoms with Crippen LogP contribution in [0.5, 0.6) is 0 Å². The zero-order chi connectivity index (χ0) is 18.6. The van der Waals surface area contributed by atoms with Gasteiger partial charge in [0.25, 0.3) is 5.91 Å². The van der Waals surface area contributed by atoms with Gasteiger partial charge < -0.3 is 10.0 Å². The summed E-state index contributed by atoms with van der Waals surface area (Å²) in [5, 5.41) is 21.8. The van der Waals surface area contributed by atoms with E-state index in [-0.39, 0.29) is 17.9 Å². The van der Waals surface area contributed by atoms with Crippen molar-refractivity contribution < 1.29 is 9.90 Å². The van der Waals surface area contributed by atoms with E-state index < -0.39 is 0 Å². The predicted octanol–water partition coefficient (Wildman–Crippen LogP) is 1.97. The maximum Gasteiger partial charge on any atom is 0.254 e. The maximum atomic E-state index is 12.7. The van der Waals surface area contributed by atoms with E-state index >= 15 is 0 Å². The molecule has 1 amide bonds. The van der Waals surface area contributed by atoms with Gasteiger partial charge in [0.15, 0.2) is 5.65 Å². The number of carbonyl (C=O) groups excluding carboxylic acids is 1. The van der Waals surface area contributed by atoms with Gasteiger partial charge in [-0.15, -0.1) is 5.10 Å². The molecular weight excluding hydrogens is 342 g/mol. The number of likely N-dealkylation sites (tertiary alicyclic amines) is 1. The number of tetrazole rings is 1. The second-order valence-corrected chi connectivity index (χ2v) is 7.12. The van der Waals surface area contributed by atoms with Gasteiger partial charge in [0.1, 0.15) is 0 Å². The third kappa shape index (κ3) is 3.98. The van der Waals surface area contributed by atoms with Crippen LogP contribution in [0.3, 0.4) is 0 Å². The first kappa shape index (κ1) is 17.6. The van der Waals surface area contributed by atoms with Crippen LogP contribution in [-0.4, -0.2) is 55.1 Å². The van der Waals surface area contributed by atoms with Crippen LogP contribution in [0, 0.1) is 5.92 Å². The number of hydrogen-bond donors (Lipinski definition) is 1. The number of pyridine rings is 1. The van der Waals surface area contributed by atoms with Crippen molar-refractivity contribution in [2.45, 2.75) is 31.8 Å². The molecule has 0 bridgehead atoms. The average Bonchev–Trinajstić information content (AvgIpc) is 3.20. The molecule has 0 unspecified atom stereocenters. The van der Waals surface area contributed by atoms with E-state index in [9.17, 15) is 9.90 Å². The van der Waals surface area contributed by atoms with E-state index in [1.165, 1.54) is 10.1 Å². The Morgan fingerprint density at radius 1 is 1.19 bits per heavy atom. The van der Waals surface area contributed by atoms with Crippen LogP contribution in [0.2, 0.25) is 0 Å².